The van der Waals surface area contributed by atoms with E-state index >= 15 is 0 Å². The van der Waals surface area contributed by atoms with Gasteiger partial charge in [-0.3, -0.25) is 0 Å². The summed E-state index contributed by atoms with van der Waals surface area (Å²) in [6, 6.07) is 18.3. The van der Waals surface area contributed by atoms with E-state index in [4.69, 9.17) is 10.5 Å². The second-order valence-corrected chi connectivity index (χ2v) is 6.32. The summed E-state index contributed by atoms with van der Waals surface area (Å²) >= 11 is 0. The maximum absolute atomic E-state index is 5.93. The van der Waals surface area contributed by atoms with Crippen molar-refractivity contribution in [2.75, 3.05) is 5.32 Å². The molecule has 1 heterocycles. The molecule has 24 heavy (non-hydrogen) atoms. The van der Waals surface area contributed by atoms with Gasteiger partial charge in [0.25, 0.3) is 0 Å². The maximum atomic E-state index is 5.93. The number of pyridine rings is 1. The van der Waals surface area contributed by atoms with Gasteiger partial charge in [0.15, 0.2) is 0 Å². The Labute approximate surface area is 142 Å². The molecule has 0 saturated heterocycles. The number of anilines is 1. The molecule has 3 N–H and O–H groups in total. The summed E-state index contributed by atoms with van der Waals surface area (Å²) in [5.74, 6) is 1.35. The van der Waals surface area contributed by atoms with Crippen LogP contribution in [0.25, 0.3) is 10.9 Å². The van der Waals surface area contributed by atoms with Gasteiger partial charge in [0.05, 0.1) is 5.52 Å². The van der Waals surface area contributed by atoms with Gasteiger partial charge >= 0.3 is 0 Å². The van der Waals surface area contributed by atoms with E-state index in [1.807, 2.05) is 55.5 Å². The van der Waals surface area contributed by atoms with Gasteiger partial charge in [0, 0.05) is 29.2 Å². The molecule has 1 atom stereocenters. The fourth-order valence-corrected chi connectivity index (χ4v) is 2.54. The summed E-state index contributed by atoms with van der Waals surface area (Å²) < 4.78 is 5.86. The van der Waals surface area contributed by atoms with Crippen molar-refractivity contribution in [3.05, 3.63) is 60.2 Å². The predicted molar refractivity (Wildman–Crippen MR) is 99.6 cm³/mol. The van der Waals surface area contributed by atoms with E-state index in [0.29, 0.717) is 11.9 Å². The molecule has 0 radical (unpaired) electrons. The average Bonchev–Trinajstić information content (AvgIpc) is 2.55. The molecule has 0 amide bonds. The molecule has 4 nitrogen and oxygen atoms in total. The highest BCUT2D eigenvalue weighted by atomic mass is 16.5. The quantitative estimate of drug-likeness (QED) is 0.704. The van der Waals surface area contributed by atoms with Crippen LogP contribution >= 0.6 is 0 Å². The van der Waals surface area contributed by atoms with Gasteiger partial charge in [-0.1, -0.05) is 6.07 Å². The number of nitrogens with one attached hydrogen (secondary N) is 1. The first-order valence-corrected chi connectivity index (χ1v) is 8.22. The number of hydrogen-bond acceptors (Lipinski definition) is 4. The van der Waals surface area contributed by atoms with Crippen LogP contribution in [0.4, 0.5) is 5.69 Å². The molecular formula is C20H23N3O. The van der Waals surface area contributed by atoms with Crippen molar-refractivity contribution in [1.82, 2.24) is 4.98 Å². The number of fused-ring (bicyclic) bond motifs is 1. The van der Waals surface area contributed by atoms with E-state index in [-0.39, 0.29) is 6.04 Å². The molecule has 0 aliphatic rings. The molecule has 1 unspecified atom stereocenters. The number of ether oxygens (including phenoxy) is 1. The Balaban J connectivity index is 1.78. The van der Waals surface area contributed by atoms with Crippen LogP contribution in [0.5, 0.6) is 11.6 Å². The molecule has 1 aromatic heterocycles. The second kappa shape index (κ2) is 6.89. The number of benzene rings is 2. The van der Waals surface area contributed by atoms with Crippen molar-refractivity contribution in [3.8, 4) is 11.6 Å². The second-order valence-electron chi connectivity index (χ2n) is 6.32. The third-order valence-electron chi connectivity index (χ3n) is 3.75. The minimum Gasteiger partial charge on any atom is -0.439 e. The first-order valence-electron chi connectivity index (χ1n) is 8.22. The van der Waals surface area contributed by atoms with Gasteiger partial charge in [-0.15, -0.1) is 0 Å². The van der Waals surface area contributed by atoms with Crippen molar-refractivity contribution >= 4 is 16.6 Å². The minimum atomic E-state index is 0.0169. The highest BCUT2D eigenvalue weighted by Gasteiger charge is 2.05. The normalized spacial score (nSPS) is 12.4. The van der Waals surface area contributed by atoms with Crippen LogP contribution in [-0.4, -0.2) is 11.0 Å². The van der Waals surface area contributed by atoms with Gasteiger partial charge in [0.2, 0.25) is 5.88 Å². The summed E-state index contributed by atoms with van der Waals surface area (Å²) in [5.41, 5.74) is 9.01. The van der Waals surface area contributed by atoms with Gasteiger partial charge < -0.3 is 15.8 Å². The molecule has 0 aliphatic carbocycles. The SMILES string of the molecule is CC(C)Nc1ccc(Oc2ccc3cc(C(C)N)ccc3n2)cc1. The number of aromatic nitrogens is 1. The van der Waals surface area contributed by atoms with Gasteiger partial charge in [-0.2, -0.15) is 0 Å². The zero-order valence-corrected chi connectivity index (χ0v) is 14.3. The first kappa shape index (κ1) is 16.3. The Kier molecular flexibility index (Phi) is 4.67. The van der Waals surface area contributed by atoms with E-state index < -0.39 is 0 Å². The van der Waals surface area contributed by atoms with E-state index in [1.54, 1.807) is 0 Å². The molecule has 0 saturated carbocycles. The lowest BCUT2D eigenvalue weighted by molar-refractivity contribution is 0.465. The minimum absolute atomic E-state index is 0.0169. The van der Waals surface area contributed by atoms with Crippen LogP contribution in [0.1, 0.15) is 32.4 Å². The maximum Gasteiger partial charge on any atom is 0.219 e. The molecule has 124 valence electrons. The molecule has 0 aliphatic heterocycles. The van der Waals surface area contributed by atoms with E-state index in [0.717, 1.165) is 27.9 Å². The Bertz CT molecular complexity index is 826. The van der Waals surface area contributed by atoms with Crippen LogP contribution in [-0.2, 0) is 0 Å². The average molecular weight is 321 g/mol. The smallest absolute Gasteiger partial charge is 0.219 e. The van der Waals surface area contributed by atoms with Gasteiger partial charge in [-0.25, -0.2) is 4.98 Å². The third-order valence-corrected chi connectivity index (χ3v) is 3.75. The fourth-order valence-electron chi connectivity index (χ4n) is 2.54. The largest absolute Gasteiger partial charge is 0.439 e. The standard InChI is InChI=1S/C20H23N3O/c1-13(2)22-17-6-8-18(9-7-17)24-20-11-5-16-12-15(14(3)21)4-10-19(16)23-20/h4-14,22H,21H2,1-3H3. The number of nitrogens with zero attached hydrogens (tertiary/aromatic N) is 1. The van der Waals surface area contributed by atoms with Crippen molar-refractivity contribution < 1.29 is 4.74 Å². The molecule has 0 fully saturated rings. The van der Waals surface area contributed by atoms with Crippen molar-refractivity contribution in [3.63, 3.8) is 0 Å². The van der Waals surface area contributed by atoms with Crippen molar-refractivity contribution in [2.45, 2.75) is 32.9 Å². The Morgan fingerprint density at radius 3 is 2.38 bits per heavy atom. The van der Waals surface area contributed by atoms with Crippen molar-refractivity contribution in [1.29, 1.82) is 0 Å². The Morgan fingerprint density at radius 2 is 1.71 bits per heavy atom. The molecule has 0 spiro atoms. The summed E-state index contributed by atoms with van der Waals surface area (Å²) in [4.78, 5) is 4.56. The van der Waals surface area contributed by atoms with Crippen LogP contribution in [0.2, 0.25) is 0 Å². The summed E-state index contributed by atoms with van der Waals surface area (Å²) in [5, 5.41) is 4.42. The molecular weight excluding hydrogens is 298 g/mol. The lowest BCUT2D eigenvalue weighted by Gasteiger charge is -2.11. The number of nitrogens with two attached hydrogens (primary N) is 1. The zero-order chi connectivity index (χ0) is 17.1. The fraction of sp³-hybridized carbons (Fsp3) is 0.250. The molecule has 0 bridgehead atoms. The van der Waals surface area contributed by atoms with Crippen LogP contribution in [0, 0.1) is 0 Å². The van der Waals surface area contributed by atoms with Crippen molar-refractivity contribution in [2.24, 2.45) is 5.73 Å². The Hall–Kier alpha value is -2.59. The summed E-state index contributed by atoms with van der Waals surface area (Å²) in [6.07, 6.45) is 0. The zero-order valence-electron chi connectivity index (χ0n) is 14.3. The summed E-state index contributed by atoms with van der Waals surface area (Å²) in [6.45, 7) is 6.20. The summed E-state index contributed by atoms with van der Waals surface area (Å²) in [7, 11) is 0. The van der Waals surface area contributed by atoms with Gasteiger partial charge in [-0.05, 0) is 68.8 Å². The van der Waals surface area contributed by atoms with Crippen LogP contribution < -0.4 is 15.8 Å². The third kappa shape index (κ3) is 3.84. The molecule has 4 heteroatoms. The highest BCUT2D eigenvalue weighted by molar-refractivity contribution is 5.80. The molecule has 3 aromatic rings. The monoisotopic (exact) mass is 321 g/mol. The van der Waals surface area contributed by atoms with Crippen LogP contribution in [0.15, 0.2) is 54.6 Å². The molecule has 2 aromatic carbocycles. The topological polar surface area (TPSA) is 60.2 Å². The highest BCUT2D eigenvalue weighted by Crippen LogP contribution is 2.25. The van der Waals surface area contributed by atoms with Gasteiger partial charge in [0.1, 0.15) is 5.75 Å². The predicted octanol–water partition coefficient (Wildman–Crippen LogP) is 4.87. The lowest BCUT2D eigenvalue weighted by atomic mass is 10.1. The number of rotatable bonds is 5. The van der Waals surface area contributed by atoms with Crippen LogP contribution in [0.3, 0.4) is 0 Å². The molecule has 3 rings (SSSR count). The number of hydrogen-bond donors (Lipinski definition) is 2. The van der Waals surface area contributed by atoms with E-state index in [9.17, 15) is 0 Å². The first-order chi connectivity index (χ1) is 11.5. The Morgan fingerprint density at radius 1 is 0.958 bits per heavy atom. The van der Waals surface area contributed by atoms with E-state index in [1.165, 1.54) is 0 Å². The van der Waals surface area contributed by atoms with E-state index in [2.05, 4.69) is 30.2 Å². The lowest BCUT2D eigenvalue weighted by Crippen LogP contribution is -2.09.